The number of hydrogen-bond acceptors (Lipinski definition) is 8. The summed E-state index contributed by atoms with van der Waals surface area (Å²) in [5.41, 5.74) is 0.324. The van der Waals surface area contributed by atoms with Crippen LogP contribution in [-0.2, 0) is 24.8 Å². The molecule has 0 aliphatic carbocycles. The lowest BCUT2D eigenvalue weighted by Crippen LogP contribution is -2.38. The number of hydrogen-bond donors (Lipinski definition) is 2. The van der Waals surface area contributed by atoms with Gasteiger partial charge in [0.2, 0.25) is 15.9 Å². The number of amides is 1. The van der Waals surface area contributed by atoms with Gasteiger partial charge >= 0.3 is 0 Å². The molecule has 40 heavy (non-hydrogen) atoms. The first kappa shape index (κ1) is 31.3. The van der Waals surface area contributed by atoms with Crippen molar-refractivity contribution in [3.63, 3.8) is 0 Å². The zero-order chi connectivity index (χ0) is 29.5. The summed E-state index contributed by atoms with van der Waals surface area (Å²) in [6.45, 7) is 5.06. The third kappa shape index (κ3) is 7.68. The van der Waals surface area contributed by atoms with Crippen LogP contribution < -0.4 is 23.8 Å². The van der Waals surface area contributed by atoms with Crippen molar-refractivity contribution in [3.05, 3.63) is 66.7 Å². The number of benzene rings is 3. The molecule has 0 heterocycles. The molecule has 0 unspecified atom stereocenters. The Balaban J connectivity index is 1.98. The van der Waals surface area contributed by atoms with Gasteiger partial charge in [-0.15, -0.1) is 11.8 Å². The quantitative estimate of drug-likeness (QED) is 0.275. The summed E-state index contributed by atoms with van der Waals surface area (Å²) in [6, 6.07) is 16.4. The molecule has 0 radical (unpaired) electrons. The van der Waals surface area contributed by atoms with Gasteiger partial charge in [-0.2, -0.15) is 0 Å². The molecule has 13 heteroatoms. The average molecular weight is 608 g/mol. The van der Waals surface area contributed by atoms with Gasteiger partial charge in [0, 0.05) is 10.9 Å². The van der Waals surface area contributed by atoms with E-state index < -0.39 is 32.5 Å². The van der Waals surface area contributed by atoms with Gasteiger partial charge in [-0.25, -0.2) is 21.6 Å². The molecule has 2 N–H and O–H groups in total. The van der Waals surface area contributed by atoms with Gasteiger partial charge in [0.1, 0.15) is 18.0 Å². The Bertz CT molecular complexity index is 1520. The highest BCUT2D eigenvalue weighted by molar-refractivity contribution is 7.98. The van der Waals surface area contributed by atoms with E-state index >= 15 is 0 Å². The summed E-state index contributed by atoms with van der Waals surface area (Å²) in [4.78, 5) is 14.1. The molecule has 0 bridgehead atoms. The normalized spacial score (nSPS) is 11.8. The van der Waals surface area contributed by atoms with Crippen molar-refractivity contribution in [2.75, 3.05) is 36.1 Å². The van der Waals surface area contributed by atoms with Crippen LogP contribution in [0.3, 0.4) is 0 Å². The van der Waals surface area contributed by atoms with Crippen LogP contribution >= 0.6 is 11.8 Å². The monoisotopic (exact) mass is 607 g/mol. The highest BCUT2D eigenvalue weighted by Crippen LogP contribution is 2.30. The summed E-state index contributed by atoms with van der Waals surface area (Å²) in [5.74, 6) is 0.0537. The SMILES string of the molecule is CCOc1ccc(N(CC(=O)Nc2cc(S(=O)(=O)NC(C)C)ccc2OC)S(=O)(=O)c2ccc(SC)cc2)cc1. The van der Waals surface area contributed by atoms with E-state index in [0.717, 1.165) is 9.20 Å². The Labute approximate surface area is 240 Å². The molecule has 10 nitrogen and oxygen atoms in total. The highest BCUT2D eigenvalue weighted by Gasteiger charge is 2.28. The molecule has 3 aromatic rings. The smallest absolute Gasteiger partial charge is 0.264 e. The molecule has 0 fully saturated rings. The average Bonchev–Trinajstić information content (AvgIpc) is 2.91. The number of methoxy groups -OCH3 is 1. The van der Waals surface area contributed by atoms with Crippen LogP contribution in [0, 0.1) is 0 Å². The predicted octanol–water partition coefficient (Wildman–Crippen LogP) is 4.34. The van der Waals surface area contributed by atoms with Crippen molar-refractivity contribution in [3.8, 4) is 11.5 Å². The Kier molecular flexibility index (Phi) is 10.5. The molecular formula is C27H33N3O7S3. The van der Waals surface area contributed by atoms with Gasteiger partial charge in [-0.1, -0.05) is 0 Å². The fraction of sp³-hybridized carbons (Fsp3) is 0.296. The molecule has 0 aliphatic rings. The number of rotatable bonds is 13. The number of thioether (sulfide) groups is 1. The second-order valence-electron chi connectivity index (χ2n) is 8.80. The molecule has 3 aromatic carbocycles. The fourth-order valence-corrected chi connectivity index (χ4v) is 6.82. The molecule has 1 amide bonds. The number of carbonyl (C=O) groups is 1. The Morgan fingerprint density at radius 2 is 1.57 bits per heavy atom. The van der Waals surface area contributed by atoms with Gasteiger partial charge in [0.05, 0.1) is 34.9 Å². The van der Waals surface area contributed by atoms with Crippen molar-refractivity contribution in [2.24, 2.45) is 0 Å². The maximum Gasteiger partial charge on any atom is 0.264 e. The number of carbonyl (C=O) groups excluding carboxylic acids is 1. The molecule has 3 rings (SSSR count). The van der Waals surface area contributed by atoms with Gasteiger partial charge in [-0.3, -0.25) is 9.10 Å². The molecule has 0 spiro atoms. The molecule has 0 aliphatic heterocycles. The van der Waals surface area contributed by atoms with Gasteiger partial charge < -0.3 is 14.8 Å². The van der Waals surface area contributed by atoms with Crippen LogP contribution in [0.4, 0.5) is 11.4 Å². The van der Waals surface area contributed by atoms with Crippen molar-refractivity contribution in [1.82, 2.24) is 4.72 Å². The number of ether oxygens (including phenoxy) is 2. The molecule has 216 valence electrons. The van der Waals surface area contributed by atoms with Crippen LogP contribution in [0.15, 0.2) is 81.4 Å². The van der Waals surface area contributed by atoms with Gasteiger partial charge in [0.15, 0.2) is 0 Å². The Morgan fingerprint density at radius 1 is 0.950 bits per heavy atom. The predicted molar refractivity (Wildman–Crippen MR) is 157 cm³/mol. The minimum absolute atomic E-state index is 0.0115. The summed E-state index contributed by atoms with van der Waals surface area (Å²) in [5, 5.41) is 2.61. The lowest BCUT2D eigenvalue weighted by molar-refractivity contribution is -0.114. The van der Waals surface area contributed by atoms with E-state index in [2.05, 4.69) is 10.0 Å². The highest BCUT2D eigenvalue weighted by atomic mass is 32.2. The minimum atomic E-state index is -4.17. The Morgan fingerprint density at radius 3 is 2.12 bits per heavy atom. The van der Waals surface area contributed by atoms with E-state index in [9.17, 15) is 21.6 Å². The zero-order valence-corrected chi connectivity index (χ0v) is 25.3. The van der Waals surface area contributed by atoms with Crippen LogP contribution in [0.5, 0.6) is 11.5 Å². The fourth-order valence-electron chi connectivity index (χ4n) is 3.72. The number of nitrogens with one attached hydrogen (secondary N) is 2. The standard InChI is InChI=1S/C27H33N3O7S3/c1-6-37-21-9-7-20(8-10-21)30(40(34,35)23-13-11-22(38-5)12-14-23)18-27(31)28-25-17-24(15-16-26(25)36-4)39(32,33)29-19(2)3/h7-17,19,29H,6,18H2,1-5H3,(H,28,31). The summed E-state index contributed by atoms with van der Waals surface area (Å²) in [6.07, 6.45) is 1.88. The minimum Gasteiger partial charge on any atom is -0.495 e. The third-order valence-electron chi connectivity index (χ3n) is 5.52. The molecule has 0 atom stereocenters. The lowest BCUT2D eigenvalue weighted by Gasteiger charge is -2.24. The van der Waals surface area contributed by atoms with E-state index in [4.69, 9.17) is 9.47 Å². The van der Waals surface area contributed by atoms with E-state index in [1.54, 1.807) is 50.2 Å². The number of sulfonamides is 2. The lowest BCUT2D eigenvalue weighted by atomic mass is 10.2. The van der Waals surface area contributed by atoms with Crippen molar-refractivity contribution < 1.29 is 31.1 Å². The molecular weight excluding hydrogens is 575 g/mol. The number of nitrogens with zero attached hydrogens (tertiary/aromatic N) is 1. The van der Waals surface area contributed by atoms with Crippen molar-refractivity contribution >= 4 is 49.1 Å². The first-order valence-corrected chi connectivity index (χ1v) is 16.5. The molecule has 0 saturated heterocycles. The molecule has 0 aromatic heterocycles. The van der Waals surface area contributed by atoms with E-state index in [1.807, 2.05) is 13.2 Å². The second-order valence-corrected chi connectivity index (χ2v) is 13.3. The number of anilines is 2. The first-order chi connectivity index (χ1) is 18.9. The van der Waals surface area contributed by atoms with Gasteiger partial charge in [0.25, 0.3) is 10.0 Å². The van der Waals surface area contributed by atoms with Crippen LogP contribution in [0.25, 0.3) is 0 Å². The summed E-state index contributed by atoms with van der Waals surface area (Å²) in [7, 11) is -6.65. The van der Waals surface area contributed by atoms with Crippen molar-refractivity contribution in [2.45, 2.75) is 41.5 Å². The van der Waals surface area contributed by atoms with Gasteiger partial charge in [-0.05, 0) is 93.8 Å². The maximum atomic E-state index is 13.7. The van der Waals surface area contributed by atoms with Crippen molar-refractivity contribution in [1.29, 1.82) is 0 Å². The topological polar surface area (TPSA) is 131 Å². The van der Waals surface area contributed by atoms with E-state index in [-0.39, 0.29) is 33.0 Å². The largest absolute Gasteiger partial charge is 0.495 e. The second kappa shape index (κ2) is 13.4. The van der Waals surface area contributed by atoms with E-state index in [0.29, 0.717) is 12.4 Å². The first-order valence-electron chi connectivity index (χ1n) is 12.3. The summed E-state index contributed by atoms with van der Waals surface area (Å²) >= 11 is 1.47. The van der Waals surface area contributed by atoms with Crippen LogP contribution in [0.1, 0.15) is 20.8 Å². The molecule has 0 saturated carbocycles. The van der Waals surface area contributed by atoms with Crippen LogP contribution in [0.2, 0.25) is 0 Å². The van der Waals surface area contributed by atoms with Crippen LogP contribution in [-0.4, -0.2) is 55.3 Å². The zero-order valence-electron chi connectivity index (χ0n) is 22.9. The van der Waals surface area contributed by atoms with E-state index in [1.165, 1.54) is 49.2 Å². The third-order valence-corrected chi connectivity index (χ3v) is 9.70. The maximum absolute atomic E-state index is 13.7. The summed E-state index contributed by atoms with van der Waals surface area (Å²) < 4.78 is 67.1. The Hall–Kier alpha value is -3.26.